The molecule has 0 radical (unpaired) electrons. The summed E-state index contributed by atoms with van der Waals surface area (Å²) < 4.78 is 5.32. The van der Waals surface area contributed by atoms with Crippen molar-refractivity contribution >= 4 is 11.3 Å². The second-order valence-electron chi connectivity index (χ2n) is 4.73. The number of rotatable bonds is 6. The number of benzene rings is 1. The fraction of sp³-hybridized carbons (Fsp3) is 0.375. The number of aryl methyl sites for hydroxylation is 2. The second kappa shape index (κ2) is 6.73. The van der Waals surface area contributed by atoms with Crippen molar-refractivity contribution in [3.63, 3.8) is 0 Å². The van der Waals surface area contributed by atoms with Gasteiger partial charge in [-0.3, -0.25) is 0 Å². The predicted octanol–water partition coefficient (Wildman–Crippen LogP) is 4.12. The van der Waals surface area contributed by atoms with Crippen molar-refractivity contribution in [3.05, 3.63) is 51.7 Å². The zero-order valence-electron chi connectivity index (χ0n) is 11.4. The zero-order chi connectivity index (χ0) is 13.7. The minimum absolute atomic E-state index is 0.449. The first-order valence-electron chi connectivity index (χ1n) is 6.55. The summed E-state index contributed by atoms with van der Waals surface area (Å²) in [7, 11) is 1.65. The highest BCUT2D eigenvalue weighted by Gasteiger charge is 2.13. The molecule has 0 saturated carbocycles. The molecule has 1 heterocycles. The Morgan fingerprint density at radius 1 is 1.32 bits per heavy atom. The van der Waals surface area contributed by atoms with Gasteiger partial charge in [0.05, 0.1) is 13.2 Å². The van der Waals surface area contributed by atoms with Gasteiger partial charge in [0.15, 0.2) is 0 Å². The van der Waals surface area contributed by atoms with Crippen LogP contribution in [0.15, 0.2) is 35.7 Å². The Morgan fingerprint density at radius 2 is 2.16 bits per heavy atom. The van der Waals surface area contributed by atoms with E-state index in [1.54, 1.807) is 18.4 Å². The number of ether oxygens (including phenoxy) is 1. The highest BCUT2D eigenvalue weighted by molar-refractivity contribution is 7.09. The number of hydrogen-bond acceptors (Lipinski definition) is 3. The molecule has 19 heavy (non-hydrogen) atoms. The Balaban J connectivity index is 1.95. The first-order chi connectivity index (χ1) is 9.20. The molecule has 1 aromatic carbocycles. The summed E-state index contributed by atoms with van der Waals surface area (Å²) in [6, 6.07) is 10.1. The summed E-state index contributed by atoms with van der Waals surface area (Å²) in [5.41, 5.74) is 2.04. The van der Waals surface area contributed by atoms with Crippen LogP contribution >= 0.6 is 11.3 Å². The van der Waals surface area contributed by atoms with Crippen molar-refractivity contribution < 1.29 is 9.84 Å². The van der Waals surface area contributed by atoms with Crippen LogP contribution in [0.2, 0.25) is 0 Å². The van der Waals surface area contributed by atoms with Crippen molar-refractivity contribution in [2.75, 3.05) is 7.11 Å². The number of aliphatic hydroxyl groups excluding tert-OH is 1. The van der Waals surface area contributed by atoms with E-state index in [1.807, 2.05) is 25.1 Å². The van der Waals surface area contributed by atoms with Crippen molar-refractivity contribution in [2.45, 2.75) is 32.3 Å². The molecule has 102 valence electrons. The van der Waals surface area contributed by atoms with E-state index in [0.29, 0.717) is 0 Å². The van der Waals surface area contributed by atoms with Gasteiger partial charge in [-0.25, -0.2) is 0 Å². The van der Waals surface area contributed by atoms with Gasteiger partial charge in [0.25, 0.3) is 0 Å². The highest BCUT2D eigenvalue weighted by atomic mass is 32.1. The van der Waals surface area contributed by atoms with Crippen LogP contribution in [0.5, 0.6) is 5.75 Å². The first kappa shape index (κ1) is 14.1. The zero-order valence-corrected chi connectivity index (χ0v) is 12.2. The largest absolute Gasteiger partial charge is 0.496 e. The summed E-state index contributed by atoms with van der Waals surface area (Å²) in [4.78, 5) is 1.38. The van der Waals surface area contributed by atoms with Crippen LogP contribution in [0.3, 0.4) is 0 Å². The van der Waals surface area contributed by atoms with Crippen molar-refractivity contribution in [3.8, 4) is 5.75 Å². The summed E-state index contributed by atoms with van der Waals surface area (Å²) in [6.45, 7) is 2.03. The molecule has 1 atom stereocenters. The van der Waals surface area contributed by atoms with Crippen LogP contribution in [0.4, 0.5) is 0 Å². The molecule has 2 aromatic rings. The van der Waals surface area contributed by atoms with E-state index in [2.05, 4.69) is 17.5 Å². The van der Waals surface area contributed by atoms with Gasteiger partial charge in [-0.15, -0.1) is 11.3 Å². The third kappa shape index (κ3) is 3.82. The van der Waals surface area contributed by atoms with E-state index < -0.39 is 6.10 Å². The van der Waals surface area contributed by atoms with E-state index in [1.165, 1.54) is 4.88 Å². The standard InChI is InChI=1S/C16H20O2S/c1-12-8-9-16(18-2)14(11-12)15(17)7-3-5-13-6-4-10-19-13/h4,6,8-11,15,17H,3,5,7H2,1-2H3. The van der Waals surface area contributed by atoms with Crippen molar-refractivity contribution in [1.82, 2.24) is 0 Å². The summed E-state index contributed by atoms with van der Waals surface area (Å²) in [5.74, 6) is 0.772. The molecular weight excluding hydrogens is 256 g/mol. The van der Waals surface area contributed by atoms with Crippen LogP contribution in [0, 0.1) is 6.92 Å². The van der Waals surface area contributed by atoms with E-state index in [4.69, 9.17) is 4.74 Å². The normalized spacial score (nSPS) is 12.4. The minimum Gasteiger partial charge on any atom is -0.496 e. The maximum Gasteiger partial charge on any atom is 0.124 e. The van der Waals surface area contributed by atoms with Crippen LogP contribution in [-0.2, 0) is 6.42 Å². The average molecular weight is 276 g/mol. The lowest BCUT2D eigenvalue weighted by atomic mass is 10.0. The van der Waals surface area contributed by atoms with Gasteiger partial charge in [0.2, 0.25) is 0 Å². The Morgan fingerprint density at radius 3 is 2.84 bits per heavy atom. The fourth-order valence-corrected chi connectivity index (χ4v) is 2.95. The molecule has 0 amide bonds. The molecule has 0 bridgehead atoms. The summed E-state index contributed by atoms with van der Waals surface area (Å²) in [6.07, 6.45) is 2.33. The van der Waals surface area contributed by atoms with E-state index >= 15 is 0 Å². The van der Waals surface area contributed by atoms with Crippen LogP contribution in [-0.4, -0.2) is 12.2 Å². The maximum absolute atomic E-state index is 10.3. The van der Waals surface area contributed by atoms with Gasteiger partial charge in [-0.1, -0.05) is 17.7 Å². The molecule has 1 N–H and O–H groups in total. The minimum atomic E-state index is -0.449. The average Bonchev–Trinajstić information content (AvgIpc) is 2.91. The van der Waals surface area contributed by atoms with Gasteiger partial charge < -0.3 is 9.84 Å². The molecule has 2 rings (SSSR count). The van der Waals surface area contributed by atoms with Crippen molar-refractivity contribution in [2.24, 2.45) is 0 Å². The van der Waals surface area contributed by atoms with Crippen LogP contribution in [0.25, 0.3) is 0 Å². The van der Waals surface area contributed by atoms with Crippen LogP contribution in [0.1, 0.15) is 34.9 Å². The van der Waals surface area contributed by atoms with Crippen LogP contribution < -0.4 is 4.74 Å². The second-order valence-corrected chi connectivity index (χ2v) is 5.77. The maximum atomic E-state index is 10.3. The monoisotopic (exact) mass is 276 g/mol. The van der Waals surface area contributed by atoms with Gasteiger partial charge in [0, 0.05) is 10.4 Å². The third-order valence-electron chi connectivity index (χ3n) is 3.23. The molecule has 0 saturated heterocycles. The third-order valence-corrected chi connectivity index (χ3v) is 4.16. The SMILES string of the molecule is COc1ccc(C)cc1C(O)CCCc1cccs1. The molecular formula is C16H20O2S. The Kier molecular flexibility index (Phi) is 5.00. The molecule has 1 aromatic heterocycles. The Hall–Kier alpha value is -1.32. The Bertz CT molecular complexity index is 505. The predicted molar refractivity (Wildman–Crippen MR) is 79.9 cm³/mol. The summed E-state index contributed by atoms with van der Waals surface area (Å²) in [5, 5.41) is 12.4. The fourth-order valence-electron chi connectivity index (χ4n) is 2.19. The van der Waals surface area contributed by atoms with Gasteiger partial charge in [0.1, 0.15) is 5.75 Å². The summed E-state index contributed by atoms with van der Waals surface area (Å²) >= 11 is 1.77. The smallest absolute Gasteiger partial charge is 0.124 e. The highest BCUT2D eigenvalue weighted by Crippen LogP contribution is 2.29. The topological polar surface area (TPSA) is 29.5 Å². The van der Waals surface area contributed by atoms with E-state index in [9.17, 15) is 5.11 Å². The quantitative estimate of drug-likeness (QED) is 0.860. The van der Waals surface area contributed by atoms with Gasteiger partial charge in [-0.2, -0.15) is 0 Å². The van der Waals surface area contributed by atoms with Gasteiger partial charge >= 0.3 is 0 Å². The van der Waals surface area contributed by atoms with E-state index in [0.717, 1.165) is 36.1 Å². The Labute approximate surface area is 118 Å². The molecule has 0 aliphatic rings. The van der Waals surface area contributed by atoms with E-state index in [-0.39, 0.29) is 0 Å². The molecule has 0 aliphatic heterocycles. The lowest BCUT2D eigenvalue weighted by Crippen LogP contribution is -2.02. The number of methoxy groups -OCH3 is 1. The van der Waals surface area contributed by atoms with Crippen molar-refractivity contribution in [1.29, 1.82) is 0 Å². The first-order valence-corrected chi connectivity index (χ1v) is 7.43. The molecule has 0 spiro atoms. The molecule has 2 nitrogen and oxygen atoms in total. The lowest BCUT2D eigenvalue weighted by Gasteiger charge is -2.15. The molecule has 0 aliphatic carbocycles. The van der Waals surface area contributed by atoms with Gasteiger partial charge in [-0.05, 0) is 49.8 Å². The molecule has 0 fully saturated rings. The number of thiophene rings is 1. The molecule has 3 heteroatoms. The lowest BCUT2D eigenvalue weighted by molar-refractivity contribution is 0.160. The number of aliphatic hydroxyl groups is 1. The molecule has 1 unspecified atom stereocenters. The number of hydrogen-bond donors (Lipinski definition) is 1.